The third-order valence-electron chi connectivity index (χ3n) is 2.42. The van der Waals surface area contributed by atoms with Gasteiger partial charge in [-0.1, -0.05) is 19.4 Å². The largest absolute Gasteiger partial charge is 0.462 e. The Balaban J connectivity index is 2.95. The molecular formula is C12H15ClO4S. The number of hydrogen-bond acceptors (Lipinski definition) is 4. The van der Waals surface area contributed by atoms with E-state index in [-0.39, 0.29) is 10.5 Å². The lowest BCUT2D eigenvalue weighted by Crippen LogP contribution is -2.08. The van der Waals surface area contributed by atoms with Gasteiger partial charge in [0.25, 0.3) is 9.05 Å². The van der Waals surface area contributed by atoms with Gasteiger partial charge in [0.1, 0.15) is 0 Å². The highest BCUT2D eigenvalue weighted by molar-refractivity contribution is 8.13. The van der Waals surface area contributed by atoms with Crippen LogP contribution in [-0.4, -0.2) is 21.0 Å². The van der Waals surface area contributed by atoms with Gasteiger partial charge in [-0.3, -0.25) is 0 Å². The minimum Gasteiger partial charge on any atom is -0.462 e. The van der Waals surface area contributed by atoms with E-state index < -0.39 is 15.0 Å². The number of carbonyl (C=O) groups is 1. The van der Waals surface area contributed by atoms with Crippen LogP contribution < -0.4 is 0 Å². The molecule has 0 aliphatic heterocycles. The molecule has 18 heavy (non-hydrogen) atoms. The van der Waals surface area contributed by atoms with Crippen molar-refractivity contribution in [2.24, 2.45) is 0 Å². The number of aryl methyl sites for hydroxylation is 1. The van der Waals surface area contributed by atoms with Gasteiger partial charge in [0, 0.05) is 10.7 Å². The molecule has 0 atom stereocenters. The fourth-order valence-corrected chi connectivity index (χ4v) is 2.60. The molecule has 0 heterocycles. The van der Waals surface area contributed by atoms with Gasteiger partial charge in [0.15, 0.2) is 0 Å². The number of halogens is 1. The predicted octanol–water partition coefficient (Wildman–Crippen LogP) is 2.88. The standard InChI is InChI=1S/C12H15ClO4S/c1-3-4-7-17-12(14)10-6-5-9(2)11(8-10)18(13,15)16/h5-6,8H,3-4,7H2,1-2H3. The average Bonchev–Trinajstić information content (AvgIpc) is 2.28. The molecule has 0 spiro atoms. The Morgan fingerprint density at radius 3 is 2.61 bits per heavy atom. The van der Waals surface area contributed by atoms with E-state index in [1.54, 1.807) is 6.92 Å². The van der Waals surface area contributed by atoms with Gasteiger partial charge >= 0.3 is 5.97 Å². The number of hydrogen-bond donors (Lipinski definition) is 0. The Kier molecular flexibility index (Phi) is 5.16. The quantitative estimate of drug-likeness (QED) is 0.475. The summed E-state index contributed by atoms with van der Waals surface area (Å²) in [7, 11) is 1.44. The zero-order valence-electron chi connectivity index (χ0n) is 10.3. The smallest absolute Gasteiger partial charge is 0.338 e. The molecule has 0 unspecified atom stereocenters. The second-order valence-corrected chi connectivity index (χ2v) is 6.44. The van der Waals surface area contributed by atoms with Crippen LogP contribution in [0.5, 0.6) is 0 Å². The highest BCUT2D eigenvalue weighted by atomic mass is 35.7. The summed E-state index contributed by atoms with van der Waals surface area (Å²) in [5.41, 5.74) is 0.686. The first-order chi connectivity index (χ1) is 8.36. The van der Waals surface area contributed by atoms with Crippen LogP contribution >= 0.6 is 10.7 Å². The van der Waals surface area contributed by atoms with E-state index in [0.29, 0.717) is 12.2 Å². The Hall–Kier alpha value is -1.07. The topological polar surface area (TPSA) is 60.4 Å². The van der Waals surface area contributed by atoms with Crippen molar-refractivity contribution in [3.05, 3.63) is 29.3 Å². The van der Waals surface area contributed by atoms with Gasteiger partial charge in [0.2, 0.25) is 0 Å². The Labute approximate surface area is 111 Å². The average molecular weight is 291 g/mol. The van der Waals surface area contributed by atoms with Crippen molar-refractivity contribution in [3.8, 4) is 0 Å². The lowest BCUT2D eigenvalue weighted by Gasteiger charge is -2.06. The third kappa shape index (κ3) is 3.99. The molecule has 4 nitrogen and oxygen atoms in total. The summed E-state index contributed by atoms with van der Waals surface area (Å²) in [6.45, 7) is 3.92. The Morgan fingerprint density at radius 1 is 1.39 bits per heavy atom. The van der Waals surface area contributed by atoms with Crippen LogP contribution in [0.25, 0.3) is 0 Å². The van der Waals surface area contributed by atoms with Crippen LogP contribution in [0.3, 0.4) is 0 Å². The van der Waals surface area contributed by atoms with E-state index in [2.05, 4.69) is 0 Å². The molecule has 0 saturated heterocycles. The van der Waals surface area contributed by atoms with Crippen molar-refractivity contribution >= 4 is 25.7 Å². The molecule has 0 saturated carbocycles. The number of carbonyl (C=O) groups excluding carboxylic acids is 1. The number of unbranched alkanes of at least 4 members (excludes halogenated alkanes) is 1. The highest BCUT2D eigenvalue weighted by Gasteiger charge is 2.17. The van der Waals surface area contributed by atoms with Crippen LogP contribution in [-0.2, 0) is 13.8 Å². The molecule has 0 amide bonds. The van der Waals surface area contributed by atoms with E-state index in [1.807, 2.05) is 6.92 Å². The SMILES string of the molecule is CCCCOC(=O)c1ccc(C)c(S(=O)(=O)Cl)c1. The fraction of sp³-hybridized carbons (Fsp3) is 0.417. The summed E-state index contributed by atoms with van der Waals surface area (Å²) in [6, 6.07) is 4.30. The minimum absolute atomic E-state index is 0.0610. The Morgan fingerprint density at radius 2 is 2.06 bits per heavy atom. The number of rotatable bonds is 5. The summed E-state index contributed by atoms with van der Waals surface area (Å²) in [6.07, 6.45) is 1.70. The van der Waals surface area contributed by atoms with Gasteiger partial charge in [0.05, 0.1) is 17.1 Å². The Bertz CT molecular complexity index is 537. The summed E-state index contributed by atoms with van der Waals surface area (Å²) in [5.74, 6) is -0.537. The molecule has 0 aliphatic rings. The molecule has 100 valence electrons. The summed E-state index contributed by atoms with van der Waals surface area (Å²) >= 11 is 0. The van der Waals surface area contributed by atoms with E-state index in [0.717, 1.165) is 12.8 Å². The highest BCUT2D eigenvalue weighted by Crippen LogP contribution is 2.21. The summed E-state index contributed by atoms with van der Waals surface area (Å²) in [4.78, 5) is 11.6. The first-order valence-corrected chi connectivity index (χ1v) is 7.89. The maximum atomic E-state index is 11.6. The van der Waals surface area contributed by atoms with Crippen LogP contribution in [0.4, 0.5) is 0 Å². The van der Waals surface area contributed by atoms with Crippen molar-refractivity contribution in [2.45, 2.75) is 31.6 Å². The van der Waals surface area contributed by atoms with Gasteiger partial charge in [-0.25, -0.2) is 13.2 Å². The first kappa shape index (κ1) is 15.0. The zero-order chi connectivity index (χ0) is 13.8. The minimum atomic E-state index is -3.85. The predicted molar refractivity (Wildman–Crippen MR) is 69.4 cm³/mol. The lowest BCUT2D eigenvalue weighted by molar-refractivity contribution is 0.0499. The van der Waals surface area contributed by atoms with Crippen molar-refractivity contribution in [1.29, 1.82) is 0 Å². The molecule has 6 heteroatoms. The lowest BCUT2D eigenvalue weighted by atomic mass is 10.1. The van der Waals surface area contributed by atoms with Crippen molar-refractivity contribution in [3.63, 3.8) is 0 Å². The van der Waals surface area contributed by atoms with Crippen molar-refractivity contribution < 1.29 is 17.9 Å². The van der Waals surface area contributed by atoms with Crippen LogP contribution in [0, 0.1) is 6.92 Å². The second-order valence-electron chi connectivity index (χ2n) is 3.91. The second kappa shape index (κ2) is 6.20. The van der Waals surface area contributed by atoms with E-state index in [4.69, 9.17) is 15.4 Å². The fourth-order valence-electron chi connectivity index (χ4n) is 1.38. The molecule has 1 rings (SSSR count). The van der Waals surface area contributed by atoms with Gasteiger partial charge < -0.3 is 4.74 Å². The monoisotopic (exact) mass is 290 g/mol. The summed E-state index contributed by atoms with van der Waals surface area (Å²) in [5, 5.41) is 0. The van der Waals surface area contributed by atoms with Gasteiger partial charge in [-0.15, -0.1) is 0 Å². The maximum absolute atomic E-state index is 11.6. The number of benzene rings is 1. The first-order valence-electron chi connectivity index (χ1n) is 5.58. The molecule has 1 aromatic carbocycles. The molecular weight excluding hydrogens is 276 g/mol. The van der Waals surface area contributed by atoms with E-state index >= 15 is 0 Å². The van der Waals surface area contributed by atoms with Gasteiger partial charge in [-0.05, 0) is 31.0 Å². The van der Waals surface area contributed by atoms with E-state index in [1.165, 1.54) is 18.2 Å². The van der Waals surface area contributed by atoms with Crippen molar-refractivity contribution in [1.82, 2.24) is 0 Å². The van der Waals surface area contributed by atoms with E-state index in [9.17, 15) is 13.2 Å². The number of esters is 1. The molecule has 0 aromatic heterocycles. The summed E-state index contributed by atoms with van der Waals surface area (Å²) < 4.78 is 27.6. The van der Waals surface area contributed by atoms with Crippen LogP contribution in [0.15, 0.2) is 23.1 Å². The number of ether oxygens (including phenoxy) is 1. The van der Waals surface area contributed by atoms with Crippen molar-refractivity contribution in [2.75, 3.05) is 6.61 Å². The molecule has 0 N–H and O–H groups in total. The van der Waals surface area contributed by atoms with Gasteiger partial charge in [-0.2, -0.15) is 0 Å². The maximum Gasteiger partial charge on any atom is 0.338 e. The molecule has 0 radical (unpaired) electrons. The third-order valence-corrected chi connectivity index (χ3v) is 3.88. The molecule has 0 fully saturated rings. The molecule has 1 aromatic rings. The van der Waals surface area contributed by atoms with Crippen LogP contribution in [0.1, 0.15) is 35.7 Å². The van der Waals surface area contributed by atoms with Crippen LogP contribution in [0.2, 0.25) is 0 Å². The zero-order valence-corrected chi connectivity index (χ0v) is 11.8. The normalized spacial score (nSPS) is 11.3. The molecule has 0 aliphatic carbocycles. The molecule has 0 bridgehead atoms.